The number of nitrogens with one attached hydrogen (secondary N) is 4. The maximum Gasteiger partial charge on any atom is 0.224 e. The van der Waals surface area contributed by atoms with Crippen molar-refractivity contribution in [1.82, 2.24) is 30.5 Å². The molecule has 8 heterocycles. The molecule has 816 valence electrons. The lowest BCUT2D eigenvalue weighted by atomic mass is 9.52. The van der Waals surface area contributed by atoms with Crippen molar-refractivity contribution >= 4 is 39.0 Å². The molecule has 12 saturated carbocycles. The summed E-state index contributed by atoms with van der Waals surface area (Å²) < 4.78 is 55.2. The Morgan fingerprint density at radius 1 is 0.442 bits per heavy atom. The second-order valence-corrected chi connectivity index (χ2v) is 59.7. The summed E-state index contributed by atoms with van der Waals surface area (Å²) in [5.74, 6) is 18.8. The predicted octanol–water partition coefficient (Wildman–Crippen LogP) is 24.7. The Morgan fingerprint density at radius 3 is 1.24 bits per heavy atom. The van der Waals surface area contributed by atoms with E-state index in [-0.39, 0.29) is 40.5 Å². The topological polar surface area (TPSA) is 206 Å². The molecular formula is C129H199N7O10S. The molecule has 25 rings (SSSR count). The summed E-state index contributed by atoms with van der Waals surface area (Å²) in [6.45, 7) is 48.5. The van der Waals surface area contributed by atoms with Crippen LogP contribution in [0.15, 0.2) is 79.9 Å². The zero-order valence-corrected chi connectivity index (χ0v) is 95.9. The SMILES string of the molecule is CC(=O)CCCN1C[C@@H](C)C[C@H]2O[C@]3(CC[C@@H]4C(=C(C)C3)C[C@H]3[C@H]4CC[C@@H]4CC(=O)CC[C@@]43C)[C@H](C)[C@@H]21.CC1=C2C[C@H]3[C@@H](CC[C@@H]4CC(=O)CC[C@@]43C)[C@@H]2CC[C@@]2(C1)O[C@@H]1C[C@H](C)CN(CCNC(=O)Cc3ccccc3)[C@H]1[C@H]2C.CC1=C2C[C@H]3[C@@H](CC[C@@H]4C[C@@H](NS(C)(=O)=O)CC[C@@]43C)[C@@H]2CC[C@@]2(C1)O[C@@H]1C[C@H](C)CN[C@H]1[C@H]2C.CN=C1CC[C@@]2(C)[C@H](CC[C@H]3[C@@H]4CC[C@@]5(CC(C)=C4C[C@@H]32)O[C@@H]2C[C@H](C)CN[C@H]2[C@H]5C)C1. The summed E-state index contributed by atoms with van der Waals surface area (Å²) >= 11 is 0. The van der Waals surface area contributed by atoms with Crippen LogP contribution in [-0.2, 0) is 54.6 Å². The first kappa shape index (κ1) is 107. The first-order valence-corrected chi connectivity index (χ1v) is 63.7. The van der Waals surface area contributed by atoms with Gasteiger partial charge in [0.15, 0.2) is 0 Å². The highest BCUT2D eigenvalue weighted by atomic mass is 32.2. The summed E-state index contributed by atoms with van der Waals surface area (Å²) in [4.78, 5) is 58.9. The van der Waals surface area contributed by atoms with E-state index in [0.29, 0.717) is 166 Å². The van der Waals surface area contributed by atoms with E-state index < -0.39 is 10.0 Å². The van der Waals surface area contributed by atoms with Crippen molar-refractivity contribution in [2.75, 3.05) is 59.1 Å². The monoisotopic (exact) mass is 2040 g/mol. The van der Waals surface area contributed by atoms with Crippen LogP contribution in [0.5, 0.6) is 0 Å². The molecule has 0 aromatic heterocycles. The van der Waals surface area contributed by atoms with Crippen LogP contribution in [0.3, 0.4) is 0 Å². The number of rotatable bonds is 11. The lowest BCUT2D eigenvalue weighted by molar-refractivity contribution is -0.130. The Bertz CT molecular complexity index is 5330. The van der Waals surface area contributed by atoms with Gasteiger partial charge in [0.2, 0.25) is 15.9 Å². The molecule has 0 bridgehead atoms. The van der Waals surface area contributed by atoms with Crippen molar-refractivity contribution in [2.45, 2.75) is 471 Å². The third-order valence-corrected chi connectivity index (χ3v) is 50.8. The number of fused-ring (bicyclic) bond motifs is 24. The third-order valence-electron chi connectivity index (χ3n) is 50.0. The number of hydrogen-bond acceptors (Lipinski definition) is 15. The van der Waals surface area contributed by atoms with Gasteiger partial charge in [0.05, 0.1) is 59.5 Å². The highest BCUT2D eigenvalue weighted by Gasteiger charge is 2.68. The standard InChI is InChI=1S/C38H54N2O3.C33H51NO3.C29H48N2O3S.C29H46N2O/c1-24-18-34-36(40(23-24)17-16-39-35(42)19-27-8-6-5-7-9-27)26(3)38(43-34)15-13-30-31-11-10-28-20-29(41)12-14-37(28,4)33(31)21-32(30)25(2)22-38;1-20-15-30-31(34(19-20)14-6-7-22(3)35)23(4)33(37-30)13-11-26-27-9-8-24-16-25(36)10-12-32(24,5)29(27)17-28(26)21(2)18-33;1-17-12-26-27(30-16-17)19(3)29(34-26)11-9-22-23-7-6-20-13-21(31-35(5,32)33)8-10-28(20,4)25(23)14-24(22)18(2)15-29;1-17-12-26-27(31-16-17)19(3)29(32-26)11-9-22-23-7-6-20-13-21(30-5)8-10-28(20,4)25(23)14-24(22)18(2)15-29/h5-9,24,26,28,30-31,33-34,36H,10-23H2,1-4H3,(H,39,42);20,23-24,26-27,29-31H,6-19H2,1-5H3;17,19-23,25-27,30-31H,6-16H2,1-5H3;17,19-20,22-23,25-27,31H,6-16H2,1-5H3/t24-,26+,28+,30-,31-,33-,34+,36-,37-,38-;20-,23+,24+,26-,27-,29-,30+,31-,32-,33-;17-,19+,20+,21-,22-,23-,25-,26+,27-,28-,29-;17-,19+,20+,22-,23-,25-,26+,27-,28-,29-/m0000/s1. The van der Waals surface area contributed by atoms with E-state index in [2.05, 4.69) is 146 Å². The second-order valence-electron chi connectivity index (χ2n) is 57.9. The van der Waals surface area contributed by atoms with Gasteiger partial charge >= 0.3 is 0 Å². The van der Waals surface area contributed by atoms with Gasteiger partial charge in [-0.25, -0.2) is 13.1 Å². The number of carbonyl (C=O) groups excluding carboxylic acids is 4. The van der Waals surface area contributed by atoms with Gasteiger partial charge in [0.1, 0.15) is 17.3 Å². The fraction of sp³-hybridized carbons (Fsp3) is 0.853. The number of likely N-dealkylation sites (tertiary alicyclic amines) is 2. The maximum absolute atomic E-state index is 12.7. The number of piperidine rings is 4. The third kappa shape index (κ3) is 19.6. The number of nitrogens with zero attached hydrogens (tertiary/aromatic N) is 3. The molecule has 4 N–H and O–H groups in total. The zero-order chi connectivity index (χ0) is 103. The van der Waals surface area contributed by atoms with Crippen LogP contribution in [0, 0.1) is 164 Å². The molecule has 0 unspecified atom stereocenters. The van der Waals surface area contributed by atoms with Gasteiger partial charge in [0, 0.05) is 125 Å². The summed E-state index contributed by atoms with van der Waals surface area (Å²) in [6.07, 6.45) is 52.8. The molecule has 17 nitrogen and oxygen atoms in total. The Morgan fingerprint density at radius 2 is 0.823 bits per heavy atom. The Labute approximate surface area is 889 Å². The number of ketones is 3. The van der Waals surface area contributed by atoms with E-state index in [1.807, 2.05) is 43.0 Å². The second kappa shape index (κ2) is 41.4. The number of carbonyl (C=O) groups is 4. The van der Waals surface area contributed by atoms with Crippen molar-refractivity contribution in [3.05, 3.63) is 80.5 Å². The van der Waals surface area contributed by atoms with Crippen LogP contribution in [0.4, 0.5) is 0 Å². The van der Waals surface area contributed by atoms with Gasteiger partial charge in [-0.15, -0.1) is 0 Å². The van der Waals surface area contributed by atoms with E-state index in [0.717, 1.165) is 199 Å². The molecule has 1 aromatic rings. The Hall–Kier alpha value is -4.08. The first-order chi connectivity index (χ1) is 70.1. The quantitative estimate of drug-likeness (QED) is 0.152. The fourth-order valence-corrected chi connectivity index (χ4v) is 43.1. The van der Waals surface area contributed by atoms with Gasteiger partial charge < -0.3 is 39.7 Å². The maximum atomic E-state index is 12.7. The number of Topliss-reactive ketones (excluding diaryl/α,β-unsaturated/α-hetero) is 3. The molecule has 8 saturated heterocycles. The summed E-state index contributed by atoms with van der Waals surface area (Å²) in [7, 11) is -1.11. The van der Waals surface area contributed by atoms with E-state index in [1.165, 1.54) is 198 Å². The molecule has 18 heteroatoms. The minimum atomic E-state index is -3.13. The molecule has 0 radical (unpaired) electrons. The van der Waals surface area contributed by atoms with Crippen LogP contribution in [0.1, 0.15) is 393 Å². The van der Waals surface area contributed by atoms with E-state index >= 15 is 0 Å². The number of sulfonamides is 1. The van der Waals surface area contributed by atoms with Crippen LogP contribution >= 0.6 is 0 Å². The fourth-order valence-electron chi connectivity index (χ4n) is 42.3. The average molecular weight is 2040 g/mol. The van der Waals surface area contributed by atoms with Gasteiger partial charge in [-0.3, -0.25) is 29.2 Å². The van der Waals surface area contributed by atoms with Gasteiger partial charge in [-0.1, -0.05) is 158 Å². The van der Waals surface area contributed by atoms with Crippen molar-refractivity contribution in [3.8, 4) is 0 Å². The van der Waals surface area contributed by atoms with Gasteiger partial charge in [0.25, 0.3) is 0 Å². The molecule has 1 amide bonds. The van der Waals surface area contributed by atoms with Crippen molar-refractivity contribution in [1.29, 1.82) is 0 Å². The van der Waals surface area contributed by atoms with Crippen LogP contribution in [-0.4, -0.2) is 183 Å². The number of benzene rings is 1. The molecule has 4 spiro atoms. The number of aliphatic imine (C=N–C) groups is 1. The van der Waals surface area contributed by atoms with E-state index in [9.17, 15) is 27.6 Å². The molecular weight excluding hydrogens is 1840 g/mol. The molecule has 1 aromatic carbocycles. The first-order valence-electron chi connectivity index (χ1n) is 61.8. The summed E-state index contributed by atoms with van der Waals surface area (Å²) in [6, 6.07) is 12.2. The van der Waals surface area contributed by atoms with E-state index in [4.69, 9.17) is 18.9 Å². The summed E-state index contributed by atoms with van der Waals surface area (Å²) in [5, 5.41) is 10.9. The smallest absolute Gasteiger partial charge is 0.224 e. The predicted molar refractivity (Wildman–Crippen MR) is 590 cm³/mol. The lowest BCUT2D eigenvalue weighted by Gasteiger charge is -2.54. The lowest BCUT2D eigenvalue weighted by Crippen LogP contribution is -2.53. The van der Waals surface area contributed by atoms with E-state index in [1.54, 1.807) is 45.9 Å². The molecule has 147 heavy (non-hydrogen) atoms. The molecule has 20 fully saturated rings. The zero-order valence-electron chi connectivity index (χ0n) is 95.1. The summed E-state index contributed by atoms with van der Waals surface area (Å²) in [5.41, 5.74) is 18.1. The molecule has 16 aliphatic carbocycles. The largest absolute Gasteiger partial charge is 0.369 e. The molecule has 41 atom stereocenters. The Kier molecular flexibility index (Phi) is 30.2. The van der Waals surface area contributed by atoms with Gasteiger partial charge in [-0.2, -0.15) is 0 Å². The minimum absolute atomic E-state index is 0.0203. The van der Waals surface area contributed by atoms with Crippen molar-refractivity contribution in [2.24, 2.45) is 169 Å². The van der Waals surface area contributed by atoms with Crippen LogP contribution < -0.4 is 20.7 Å². The van der Waals surface area contributed by atoms with Gasteiger partial charge in [-0.05, 0) is 437 Å². The average Bonchev–Trinajstić information content (AvgIpc) is 1.58. The molecule has 24 aliphatic rings. The van der Waals surface area contributed by atoms with Crippen molar-refractivity contribution < 1.29 is 46.5 Å². The number of allylic oxidation sites excluding steroid dienone is 4. The highest BCUT2D eigenvalue weighted by molar-refractivity contribution is 7.88. The Balaban J connectivity index is 0.000000112. The van der Waals surface area contributed by atoms with Crippen LogP contribution in [0.2, 0.25) is 0 Å². The van der Waals surface area contributed by atoms with Crippen LogP contribution in [0.25, 0.3) is 0 Å². The minimum Gasteiger partial charge on any atom is -0.369 e. The number of amides is 1. The van der Waals surface area contributed by atoms with Crippen molar-refractivity contribution in [3.63, 3.8) is 0 Å². The highest BCUT2D eigenvalue weighted by Crippen LogP contribution is 2.72. The molecule has 8 aliphatic heterocycles. The normalized spacial score (nSPS) is 48.7. The number of ether oxygens (including phenoxy) is 4. The number of hydrogen-bond donors (Lipinski definition) is 4.